The van der Waals surface area contributed by atoms with Gasteiger partial charge in [0.25, 0.3) is 0 Å². The maximum Gasteiger partial charge on any atom is 0.227 e. The molecule has 2 N–H and O–H groups in total. The molecule has 0 aromatic heterocycles. The highest BCUT2D eigenvalue weighted by Gasteiger charge is 2.30. The van der Waals surface area contributed by atoms with E-state index in [0.29, 0.717) is 36.9 Å². The number of rotatable bonds is 5. The van der Waals surface area contributed by atoms with Crippen LogP contribution in [-0.4, -0.2) is 17.6 Å². The van der Waals surface area contributed by atoms with Crippen LogP contribution in [0.3, 0.4) is 0 Å². The number of carbonyl (C=O) groups excluding carboxylic acids is 3. The molecule has 1 fully saturated rings. The summed E-state index contributed by atoms with van der Waals surface area (Å²) in [6.07, 6.45) is 2.76. The zero-order valence-corrected chi connectivity index (χ0v) is 17.2. The van der Waals surface area contributed by atoms with Crippen molar-refractivity contribution in [1.29, 1.82) is 0 Å². The molecule has 1 aliphatic carbocycles. The van der Waals surface area contributed by atoms with E-state index in [1.165, 1.54) is 12.5 Å². The van der Waals surface area contributed by atoms with Crippen LogP contribution in [0, 0.1) is 25.7 Å². The number of aryl methyl sites for hydroxylation is 2. The fourth-order valence-corrected chi connectivity index (χ4v) is 3.87. The van der Waals surface area contributed by atoms with Gasteiger partial charge < -0.3 is 10.6 Å². The molecule has 0 bridgehead atoms. The fourth-order valence-electron chi connectivity index (χ4n) is 3.87. The molecule has 0 aliphatic heterocycles. The first kappa shape index (κ1) is 20.8. The van der Waals surface area contributed by atoms with E-state index < -0.39 is 0 Å². The van der Waals surface area contributed by atoms with E-state index in [-0.39, 0.29) is 29.4 Å². The number of nitrogens with one attached hydrogen (secondary N) is 2. The summed E-state index contributed by atoms with van der Waals surface area (Å²) in [5, 5.41) is 5.95. The van der Waals surface area contributed by atoms with Crippen molar-refractivity contribution in [2.24, 2.45) is 11.8 Å². The smallest absolute Gasteiger partial charge is 0.227 e. The highest BCUT2D eigenvalue weighted by Crippen LogP contribution is 2.31. The Bertz CT molecular complexity index is 927. The van der Waals surface area contributed by atoms with Gasteiger partial charge in [-0.15, -0.1) is 0 Å². The van der Waals surface area contributed by atoms with Gasteiger partial charge in [-0.3, -0.25) is 14.4 Å². The summed E-state index contributed by atoms with van der Waals surface area (Å²) in [6, 6.07) is 13.0. The van der Waals surface area contributed by atoms with E-state index in [4.69, 9.17) is 0 Å². The van der Waals surface area contributed by atoms with Gasteiger partial charge in [0.15, 0.2) is 5.78 Å². The van der Waals surface area contributed by atoms with E-state index in [0.717, 1.165) is 11.3 Å². The molecule has 2 aromatic rings. The first-order valence-corrected chi connectivity index (χ1v) is 10.1. The van der Waals surface area contributed by atoms with Crippen LogP contribution in [0.2, 0.25) is 0 Å². The predicted octanol–water partition coefficient (Wildman–Crippen LogP) is 4.89. The lowest BCUT2D eigenvalue weighted by molar-refractivity contribution is -0.125. The predicted molar refractivity (Wildman–Crippen MR) is 115 cm³/mol. The number of carbonyl (C=O) groups is 3. The van der Waals surface area contributed by atoms with Crippen LogP contribution in [0.5, 0.6) is 0 Å². The van der Waals surface area contributed by atoms with E-state index in [9.17, 15) is 14.4 Å². The maximum atomic E-state index is 12.6. The minimum Gasteiger partial charge on any atom is -0.326 e. The second-order valence-electron chi connectivity index (χ2n) is 7.98. The van der Waals surface area contributed by atoms with Crippen LogP contribution in [0.25, 0.3) is 0 Å². The zero-order valence-electron chi connectivity index (χ0n) is 17.2. The van der Waals surface area contributed by atoms with Gasteiger partial charge in [0, 0.05) is 28.8 Å². The summed E-state index contributed by atoms with van der Waals surface area (Å²) in [4.78, 5) is 36.7. The summed E-state index contributed by atoms with van der Waals surface area (Å²) < 4.78 is 0. The topological polar surface area (TPSA) is 75.3 Å². The molecule has 5 heteroatoms. The Balaban J connectivity index is 1.53. The quantitative estimate of drug-likeness (QED) is 0.712. The third-order valence-electron chi connectivity index (χ3n) is 5.65. The molecule has 5 nitrogen and oxygen atoms in total. The summed E-state index contributed by atoms with van der Waals surface area (Å²) in [5.41, 5.74) is 4.29. The number of benzene rings is 2. The average Bonchev–Trinajstić information content (AvgIpc) is 2.70. The van der Waals surface area contributed by atoms with Crippen LogP contribution in [0.1, 0.15) is 54.1 Å². The number of amides is 2. The van der Waals surface area contributed by atoms with Gasteiger partial charge >= 0.3 is 0 Å². The van der Waals surface area contributed by atoms with Gasteiger partial charge in [-0.1, -0.05) is 29.8 Å². The van der Waals surface area contributed by atoms with E-state index in [1.807, 2.05) is 26.0 Å². The van der Waals surface area contributed by atoms with E-state index in [2.05, 4.69) is 16.7 Å². The Morgan fingerprint density at radius 3 is 2.03 bits per heavy atom. The Morgan fingerprint density at radius 1 is 0.828 bits per heavy atom. The van der Waals surface area contributed by atoms with Crippen LogP contribution >= 0.6 is 0 Å². The average molecular weight is 392 g/mol. The standard InChI is InChI=1S/C24H28N2O3/c1-15-7-12-22(16(2)13-15)26-24(29)19-10-8-18(9-11-19)23(28)25-21-6-4-5-20(14-21)17(3)27/h4-7,12-14,18-19H,8-11H2,1-3H3,(H,25,28)(H,26,29). The third-order valence-corrected chi connectivity index (χ3v) is 5.65. The lowest BCUT2D eigenvalue weighted by Crippen LogP contribution is -2.32. The Kier molecular flexibility index (Phi) is 6.47. The number of hydrogen-bond acceptors (Lipinski definition) is 3. The minimum atomic E-state index is -0.110. The van der Waals surface area contributed by atoms with Crippen LogP contribution in [0.4, 0.5) is 11.4 Å². The van der Waals surface area contributed by atoms with Gasteiger partial charge in [0.1, 0.15) is 0 Å². The Labute approximate surface area is 171 Å². The number of hydrogen-bond donors (Lipinski definition) is 2. The van der Waals surface area contributed by atoms with Gasteiger partial charge in [0.05, 0.1) is 0 Å². The molecule has 1 saturated carbocycles. The molecule has 0 radical (unpaired) electrons. The fraction of sp³-hybridized carbons (Fsp3) is 0.375. The molecule has 2 aromatic carbocycles. The van der Waals surface area contributed by atoms with Gasteiger partial charge in [0.2, 0.25) is 11.8 Å². The minimum absolute atomic E-state index is 0.0311. The molecule has 29 heavy (non-hydrogen) atoms. The van der Waals surface area contributed by atoms with Crippen LogP contribution in [-0.2, 0) is 9.59 Å². The van der Waals surface area contributed by atoms with Crippen molar-refractivity contribution in [2.75, 3.05) is 10.6 Å². The highest BCUT2D eigenvalue weighted by atomic mass is 16.2. The second kappa shape index (κ2) is 9.03. The Hall–Kier alpha value is -2.95. The van der Waals surface area contributed by atoms with Gasteiger partial charge in [-0.25, -0.2) is 0 Å². The molecule has 3 rings (SSSR count). The number of ketones is 1. The lowest BCUT2D eigenvalue weighted by atomic mass is 9.81. The summed E-state index contributed by atoms with van der Waals surface area (Å²) in [6.45, 7) is 5.53. The SMILES string of the molecule is CC(=O)c1cccc(NC(=O)C2CCC(C(=O)Nc3ccc(C)cc3C)CC2)c1. The third kappa shape index (κ3) is 5.31. The largest absolute Gasteiger partial charge is 0.326 e. The van der Waals surface area contributed by atoms with E-state index >= 15 is 0 Å². The maximum absolute atomic E-state index is 12.6. The molecule has 0 spiro atoms. The molecule has 152 valence electrons. The molecule has 0 heterocycles. The molecule has 0 saturated heterocycles. The molecule has 0 unspecified atom stereocenters. The van der Waals surface area contributed by atoms with Crippen molar-refractivity contribution >= 4 is 29.0 Å². The molecule has 2 amide bonds. The second-order valence-corrected chi connectivity index (χ2v) is 7.98. The Morgan fingerprint density at radius 2 is 1.45 bits per heavy atom. The number of Topliss-reactive ketones (excluding diaryl/α,β-unsaturated/α-hetero) is 1. The summed E-state index contributed by atoms with van der Waals surface area (Å²) >= 11 is 0. The normalized spacial score (nSPS) is 18.7. The van der Waals surface area contributed by atoms with Crippen molar-refractivity contribution in [1.82, 2.24) is 0 Å². The first-order valence-electron chi connectivity index (χ1n) is 10.1. The van der Waals surface area contributed by atoms with Crippen LogP contribution in [0.15, 0.2) is 42.5 Å². The van der Waals surface area contributed by atoms with Crippen LogP contribution < -0.4 is 10.6 Å². The van der Waals surface area contributed by atoms with Crippen molar-refractivity contribution in [3.63, 3.8) is 0 Å². The summed E-state index contributed by atoms with van der Waals surface area (Å²) in [5.74, 6) is -0.220. The molecular formula is C24H28N2O3. The van der Waals surface area contributed by atoms with Gasteiger partial charge in [-0.2, -0.15) is 0 Å². The molecule has 0 atom stereocenters. The summed E-state index contributed by atoms with van der Waals surface area (Å²) in [7, 11) is 0. The zero-order chi connectivity index (χ0) is 21.0. The van der Waals surface area contributed by atoms with Crippen molar-refractivity contribution < 1.29 is 14.4 Å². The number of anilines is 2. The van der Waals surface area contributed by atoms with Gasteiger partial charge in [-0.05, 0) is 70.2 Å². The molecule has 1 aliphatic rings. The van der Waals surface area contributed by atoms with Crippen molar-refractivity contribution in [2.45, 2.75) is 46.5 Å². The first-order chi connectivity index (χ1) is 13.8. The highest BCUT2D eigenvalue weighted by molar-refractivity contribution is 5.98. The van der Waals surface area contributed by atoms with Crippen molar-refractivity contribution in [3.8, 4) is 0 Å². The monoisotopic (exact) mass is 392 g/mol. The van der Waals surface area contributed by atoms with Crippen molar-refractivity contribution in [3.05, 3.63) is 59.2 Å². The lowest BCUT2D eigenvalue weighted by Gasteiger charge is -2.27. The molecular weight excluding hydrogens is 364 g/mol. The van der Waals surface area contributed by atoms with E-state index in [1.54, 1.807) is 24.3 Å².